The standard InChI is InChI=1S/C19H30NO6P/c1-5-25-27(24,26-6-2)17(13-15-10-8-7-9-11-15)18(21)20-16(19(22)23)12-14(3)4/h7-11,14,16-17H,5-6,12-13H2,1-4H3,(H,20,21)(H,22,23)/t16-,17?/m0/s1. The summed E-state index contributed by atoms with van der Waals surface area (Å²) in [7, 11) is -3.78. The van der Waals surface area contributed by atoms with E-state index >= 15 is 0 Å². The summed E-state index contributed by atoms with van der Waals surface area (Å²) in [5, 5.41) is 11.9. The SMILES string of the molecule is CCOP(=O)(OCC)C(Cc1ccccc1)C(=O)N[C@@H](CC(C)C)C(=O)O. The smallest absolute Gasteiger partial charge is 0.343 e. The molecule has 0 saturated carbocycles. The molecule has 27 heavy (non-hydrogen) atoms. The third-order valence-corrected chi connectivity index (χ3v) is 6.31. The number of carboxylic acids is 1. The van der Waals surface area contributed by atoms with Gasteiger partial charge in [0.25, 0.3) is 0 Å². The average molecular weight is 399 g/mol. The van der Waals surface area contributed by atoms with Crippen molar-refractivity contribution in [3.8, 4) is 0 Å². The number of carbonyl (C=O) groups excluding carboxylic acids is 1. The topological polar surface area (TPSA) is 102 Å². The molecule has 0 bridgehead atoms. The van der Waals surface area contributed by atoms with Crippen molar-refractivity contribution in [2.45, 2.75) is 52.2 Å². The predicted molar refractivity (Wildman–Crippen MR) is 104 cm³/mol. The van der Waals surface area contributed by atoms with Crippen molar-refractivity contribution in [1.82, 2.24) is 5.32 Å². The molecule has 1 aromatic carbocycles. The van der Waals surface area contributed by atoms with Crippen LogP contribution in [0.15, 0.2) is 30.3 Å². The molecule has 152 valence electrons. The minimum absolute atomic E-state index is 0.0737. The van der Waals surface area contributed by atoms with Crippen LogP contribution in [-0.2, 0) is 29.6 Å². The number of aliphatic carboxylic acids is 1. The Labute approximate surface area is 161 Å². The van der Waals surface area contributed by atoms with Crippen LogP contribution < -0.4 is 5.32 Å². The maximum absolute atomic E-state index is 13.3. The number of hydrogen-bond acceptors (Lipinski definition) is 5. The second kappa shape index (κ2) is 11.2. The van der Waals surface area contributed by atoms with Gasteiger partial charge >= 0.3 is 13.6 Å². The van der Waals surface area contributed by atoms with Gasteiger partial charge in [0.1, 0.15) is 11.7 Å². The average Bonchev–Trinajstić information content (AvgIpc) is 2.59. The van der Waals surface area contributed by atoms with Crippen molar-refractivity contribution in [2.75, 3.05) is 13.2 Å². The number of hydrogen-bond donors (Lipinski definition) is 2. The zero-order valence-corrected chi connectivity index (χ0v) is 17.3. The third kappa shape index (κ3) is 7.45. The Balaban J connectivity index is 3.16. The van der Waals surface area contributed by atoms with Crippen LogP contribution in [0.1, 0.15) is 39.7 Å². The van der Waals surface area contributed by atoms with Gasteiger partial charge in [-0.15, -0.1) is 0 Å². The summed E-state index contributed by atoms with van der Waals surface area (Å²) < 4.78 is 24.0. The van der Waals surface area contributed by atoms with Gasteiger partial charge < -0.3 is 19.5 Å². The number of nitrogens with one attached hydrogen (secondary N) is 1. The fraction of sp³-hybridized carbons (Fsp3) is 0.579. The number of benzene rings is 1. The van der Waals surface area contributed by atoms with Crippen molar-refractivity contribution in [2.24, 2.45) is 5.92 Å². The van der Waals surface area contributed by atoms with Gasteiger partial charge in [-0.2, -0.15) is 0 Å². The van der Waals surface area contributed by atoms with Gasteiger partial charge in [-0.25, -0.2) is 4.79 Å². The Morgan fingerprint density at radius 1 is 1.11 bits per heavy atom. The largest absolute Gasteiger partial charge is 0.480 e. The third-order valence-electron chi connectivity index (χ3n) is 3.90. The lowest BCUT2D eigenvalue weighted by atomic mass is 10.0. The lowest BCUT2D eigenvalue weighted by molar-refractivity contribution is -0.142. The minimum Gasteiger partial charge on any atom is -0.480 e. The van der Waals surface area contributed by atoms with E-state index in [1.54, 1.807) is 13.8 Å². The Bertz CT molecular complexity index is 639. The number of amides is 1. The maximum atomic E-state index is 13.3. The first kappa shape index (κ1) is 23.3. The fourth-order valence-electron chi connectivity index (χ4n) is 2.72. The van der Waals surface area contributed by atoms with E-state index in [1.165, 1.54) is 0 Å². The van der Waals surface area contributed by atoms with Crippen molar-refractivity contribution < 1.29 is 28.3 Å². The molecule has 0 aliphatic carbocycles. The van der Waals surface area contributed by atoms with Gasteiger partial charge in [0.2, 0.25) is 5.91 Å². The van der Waals surface area contributed by atoms with Crippen LogP contribution in [0.3, 0.4) is 0 Å². The molecule has 7 nitrogen and oxygen atoms in total. The minimum atomic E-state index is -3.78. The Hall–Kier alpha value is -1.69. The lowest BCUT2D eigenvalue weighted by Gasteiger charge is -2.27. The number of carboxylic acid groups (broad SMARTS) is 1. The summed E-state index contributed by atoms with van der Waals surface area (Å²) in [5.41, 5.74) is -0.346. The lowest BCUT2D eigenvalue weighted by Crippen LogP contribution is -2.47. The van der Waals surface area contributed by atoms with E-state index in [9.17, 15) is 19.3 Å². The van der Waals surface area contributed by atoms with Crippen molar-refractivity contribution in [1.29, 1.82) is 0 Å². The number of rotatable bonds is 12. The molecule has 2 atom stereocenters. The summed E-state index contributed by atoms with van der Waals surface area (Å²) in [6, 6.07) is 8.03. The Morgan fingerprint density at radius 2 is 1.67 bits per heavy atom. The molecule has 1 rings (SSSR count). The molecular formula is C19H30NO6P. The van der Waals surface area contributed by atoms with Crippen LogP contribution in [0.25, 0.3) is 0 Å². The Kier molecular flexibility index (Phi) is 9.70. The molecule has 0 fully saturated rings. The van der Waals surface area contributed by atoms with E-state index in [0.717, 1.165) is 5.56 Å². The first-order valence-corrected chi connectivity index (χ1v) is 10.8. The molecule has 0 aliphatic rings. The fourth-order valence-corrected chi connectivity index (χ4v) is 4.67. The van der Waals surface area contributed by atoms with Gasteiger partial charge in [-0.05, 0) is 38.2 Å². The van der Waals surface area contributed by atoms with Crippen LogP contribution in [0.2, 0.25) is 0 Å². The van der Waals surface area contributed by atoms with Gasteiger partial charge in [-0.1, -0.05) is 44.2 Å². The maximum Gasteiger partial charge on any atom is 0.343 e. The molecule has 0 saturated heterocycles. The summed E-state index contributed by atoms with van der Waals surface area (Å²) in [6.45, 7) is 7.31. The summed E-state index contributed by atoms with van der Waals surface area (Å²) >= 11 is 0. The molecule has 0 spiro atoms. The highest BCUT2D eigenvalue weighted by molar-refractivity contribution is 7.55. The quantitative estimate of drug-likeness (QED) is 0.522. The first-order valence-electron chi connectivity index (χ1n) is 9.19. The van der Waals surface area contributed by atoms with Crippen LogP contribution >= 0.6 is 7.60 Å². The molecular weight excluding hydrogens is 369 g/mol. The van der Waals surface area contributed by atoms with Gasteiger partial charge in [0, 0.05) is 0 Å². The highest BCUT2D eigenvalue weighted by Gasteiger charge is 2.42. The summed E-state index contributed by atoms with van der Waals surface area (Å²) in [5.74, 6) is -1.69. The van der Waals surface area contributed by atoms with E-state index in [0.29, 0.717) is 0 Å². The highest BCUT2D eigenvalue weighted by Crippen LogP contribution is 2.54. The van der Waals surface area contributed by atoms with Crippen LogP contribution in [0.4, 0.5) is 0 Å². The summed E-state index contributed by atoms with van der Waals surface area (Å²) in [6.07, 6.45) is 0.394. The van der Waals surface area contributed by atoms with E-state index in [2.05, 4.69) is 5.32 Å². The van der Waals surface area contributed by atoms with Crippen LogP contribution in [0, 0.1) is 5.92 Å². The van der Waals surface area contributed by atoms with E-state index < -0.39 is 31.2 Å². The second-order valence-electron chi connectivity index (χ2n) is 6.61. The molecule has 8 heteroatoms. The van der Waals surface area contributed by atoms with E-state index in [1.807, 2.05) is 44.2 Å². The highest BCUT2D eigenvalue weighted by atomic mass is 31.2. The molecule has 1 aromatic rings. The molecule has 0 aromatic heterocycles. The van der Waals surface area contributed by atoms with Gasteiger partial charge in [0.15, 0.2) is 0 Å². The molecule has 0 radical (unpaired) electrons. The normalized spacial score (nSPS) is 14.0. The number of carbonyl (C=O) groups is 2. The van der Waals surface area contributed by atoms with Crippen LogP contribution in [0.5, 0.6) is 0 Å². The molecule has 0 aliphatic heterocycles. The van der Waals surface area contributed by atoms with Gasteiger partial charge in [0.05, 0.1) is 13.2 Å². The molecule has 1 unspecified atom stereocenters. The predicted octanol–water partition coefficient (Wildman–Crippen LogP) is 3.48. The molecule has 2 N–H and O–H groups in total. The Morgan fingerprint density at radius 3 is 2.11 bits per heavy atom. The zero-order chi connectivity index (χ0) is 20.4. The van der Waals surface area contributed by atoms with E-state index in [4.69, 9.17) is 9.05 Å². The van der Waals surface area contributed by atoms with Gasteiger partial charge in [-0.3, -0.25) is 9.36 Å². The zero-order valence-electron chi connectivity index (χ0n) is 16.4. The summed E-state index contributed by atoms with van der Waals surface area (Å²) in [4.78, 5) is 24.4. The van der Waals surface area contributed by atoms with Crippen molar-refractivity contribution in [3.05, 3.63) is 35.9 Å². The van der Waals surface area contributed by atoms with Crippen LogP contribution in [-0.4, -0.2) is 41.9 Å². The molecule has 1 amide bonds. The second-order valence-corrected chi connectivity index (χ2v) is 8.83. The van der Waals surface area contributed by atoms with Crippen molar-refractivity contribution >= 4 is 19.5 Å². The monoisotopic (exact) mass is 399 g/mol. The van der Waals surface area contributed by atoms with Crippen molar-refractivity contribution in [3.63, 3.8) is 0 Å². The molecule has 0 heterocycles. The van der Waals surface area contributed by atoms with E-state index in [-0.39, 0.29) is 32.0 Å². The first-order chi connectivity index (χ1) is 12.7.